The van der Waals surface area contributed by atoms with E-state index in [1.165, 1.54) is 13.2 Å². The zero-order valence-corrected chi connectivity index (χ0v) is 10.9. The number of amides is 1. The molecule has 1 atom stereocenters. The number of nitrogens with one attached hydrogen (secondary N) is 1. The molecule has 5 heteroatoms. The van der Waals surface area contributed by atoms with Crippen LogP contribution >= 0.6 is 0 Å². The second kappa shape index (κ2) is 6.86. The van der Waals surface area contributed by atoms with Gasteiger partial charge in [0.15, 0.2) is 11.5 Å². The van der Waals surface area contributed by atoms with Crippen molar-refractivity contribution < 1.29 is 19.4 Å². The van der Waals surface area contributed by atoms with Gasteiger partial charge in [-0.2, -0.15) is 0 Å². The summed E-state index contributed by atoms with van der Waals surface area (Å²) < 4.78 is 9.93. The maximum atomic E-state index is 11.9. The third-order valence-electron chi connectivity index (χ3n) is 2.64. The summed E-state index contributed by atoms with van der Waals surface area (Å²) in [7, 11) is 3.05. The van der Waals surface area contributed by atoms with E-state index in [1.54, 1.807) is 19.2 Å². The van der Waals surface area contributed by atoms with E-state index in [1.807, 2.05) is 6.92 Å². The normalized spacial score (nSPS) is 11.9. The molecule has 0 spiro atoms. The van der Waals surface area contributed by atoms with Gasteiger partial charge in [-0.05, 0) is 24.6 Å². The molecular formula is C13H19NO4. The van der Waals surface area contributed by atoms with E-state index in [2.05, 4.69) is 5.32 Å². The Kier molecular flexibility index (Phi) is 5.45. The molecule has 0 aliphatic carbocycles. The minimum Gasteiger partial charge on any atom is -0.504 e. The fraction of sp³-hybridized carbons (Fsp3) is 0.462. The smallest absolute Gasteiger partial charge is 0.251 e. The van der Waals surface area contributed by atoms with Crippen LogP contribution in [0.2, 0.25) is 0 Å². The Labute approximate surface area is 107 Å². The molecule has 5 nitrogen and oxygen atoms in total. The number of ether oxygens (including phenoxy) is 2. The maximum absolute atomic E-state index is 11.9. The number of phenols is 1. The molecule has 2 N–H and O–H groups in total. The number of aromatic hydroxyl groups is 1. The second-order valence-electron chi connectivity index (χ2n) is 3.92. The number of benzene rings is 1. The van der Waals surface area contributed by atoms with Gasteiger partial charge in [0.1, 0.15) is 0 Å². The molecule has 1 aromatic rings. The highest BCUT2D eigenvalue weighted by Gasteiger charge is 2.13. The van der Waals surface area contributed by atoms with E-state index in [-0.39, 0.29) is 17.7 Å². The first-order chi connectivity index (χ1) is 8.62. The number of rotatable bonds is 6. The van der Waals surface area contributed by atoms with Crippen molar-refractivity contribution in [3.63, 3.8) is 0 Å². The summed E-state index contributed by atoms with van der Waals surface area (Å²) in [5.41, 5.74) is 0.392. The Morgan fingerprint density at radius 3 is 2.67 bits per heavy atom. The van der Waals surface area contributed by atoms with Crippen molar-refractivity contribution in [1.82, 2.24) is 5.32 Å². The Hall–Kier alpha value is -1.75. The van der Waals surface area contributed by atoms with Gasteiger partial charge in [-0.15, -0.1) is 0 Å². The molecule has 0 saturated carbocycles. The zero-order valence-electron chi connectivity index (χ0n) is 10.9. The van der Waals surface area contributed by atoms with Crippen molar-refractivity contribution in [3.8, 4) is 11.5 Å². The Balaban J connectivity index is 2.74. The van der Waals surface area contributed by atoms with E-state index in [9.17, 15) is 9.90 Å². The van der Waals surface area contributed by atoms with Gasteiger partial charge in [0, 0.05) is 12.7 Å². The highest BCUT2D eigenvalue weighted by Crippen LogP contribution is 2.26. The van der Waals surface area contributed by atoms with Gasteiger partial charge in [-0.1, -0.05) is 6.92 Å². The summed E-state index contributed by atoms with van der Waals surface area (Å²) in [6.07, 6.45) is 0.779. The van der Waals surface area contributed by atoms with Crippen LogP contribution in [0.3, 0.4) is 0 Å². The molecule has 0 fully saturated rings. The molecule has 1 amide bonds. The second-order valence-corrected chi connectivity index (χ2v) is 3.92. The fourth-order valence-corrected chi connectivity index (χ4v) is 1.56. The zero-order chi connectivity index (χ0) is 13.5. The summed E-state index contributed by atoms with van der Waals surface area (Å²) in [6.45, 7) is 2.43. The lowest BCUT2D eigenvalue weighted by Crippen LogP contribution is -2.37. The monoisotopic (exact) mass is 253 g/mol. The molecule has 0 heterocycles. The molecule has 0 aliphatic heterocycles. The van der Waals surface area contributed by atoms with Crippen molar-refractivity contribution in [1.29, 1.82) is 0 Å². The highest BCUT2D eigenvalue weighted by molar-refractivity contribution is 5.95. The number of carbonyl (C=O) groups excluding carboxylic acids is 1. The Morgan fingerprint density at radius 1 is 1.44 bits per heavy atom. The molecule has 0 saturated heterocycles. The van der Waals surface area contributed by atoms with Gasteiger partial charge in [-0.25, -0.2) is 0 Å². The van der Waals surface area contributed by atoms with E-state index >= 15 is 0 Å². The first kappa shape index (κ1) is 14.3. The number of hydrogen-bond donors (Lipinski definition) is 2. The summed E-state index contributed by atoms with van der Waals surface area (Å²) in [5, 5.41) is 12.4. The molecule has 1 unspecified atom stereocenters. The molecule has 18 heavy (non-hydrogen) atoms. The quantitative estimate of drug-likeness (QED) is 0.807. The summed E-state index contributed by atoms with van der Waals surface area (Å²) in [4.78, 5) is 11.9. The van der Waals surface area contributed by atoms with Crippen LogP contribution in [-0.4, -0.2) is 37.9 Å². The van der Waals surface area contributed by atoms with E-state index in [0.717, 1.165) is 6.42 Å². The highest BCUT2D eigenvalue weighted by atomic mass is 16.5. The van der Waals surface area contributed by atoms with Gasteiger partial charge in [0.25, 0.3) is 5.91 Å². The first-order valence-corrected chi connectivity index (χ1v) is 5.79. The van der Waals surface area contributed by atoms with Crippen molar-refractivity contribution >= 4 is 5.91 Å². The van der Waals surface area contributed by atoms with E-state index in [0.29, 0.717) is 17.9 Å². The van der Waals surface area contributed by atoms with Crippen LogP contribution in [0.1, 0.15) is 23.7 Å². The molecular weight excluding hydrogens is 234 g/mol. The Morgan fingerprint density at radius 2 is 2.17 bits per heavy atom. The third kappa shape index (κ3) is 3.63. The van der Waals surface area contributed by atoms with Crippen molar-refractivity contribution in [2.75, 3.05) is 20.8 Å². The molecule has 0 bridgehead atoms. The van der Waals surface area contributed by atoms with Crippen LogP contribution in [-0.2, 0) is 4.74 Å². The molecule has 100 valence electrons. The van der Waals surface area contributed by atoms with Gasteiger partial charge in [-0.3, -0.25) is 4.79 Å². The topological polar surface area (TPSA) is 67.8 Å². The predicted molar refractivity (Wildman–Crippen MR) is 68.1 cm³/mol. The predicted octanol–water partition coefficient (Wildman–Crippen LogP) is 1.56. The van der Waals surface area contributed by atoms with Crippen LogP contribution in [0, 0.1) is 0 Å². The van der Waals surface area contributed by atoms with Crippen molar-refractivity contribution in [2.24, 2.45) is 0 Å². The number of methoxy groups -OCH3 is 2. The number of phenolic OH excluding ortho intramolecular Hbond substituents is 1. The van der Waals surface area contributed by atoms with Crippen LogP contribution in [0.15, 0.2) is 18.2 Å². The fourth-order valence-electron chi connectivity index (χ4n) is 1.56. The lowest BCUT2D eigenvalue weighted by Gasteiger charge is -2.16. The van der Waals surface area contributed by atoms with Crippen LogP contribution in [0.25, 0.3) is 0 Å². The summed E-state index contributed by atoms with van der Waals surface area (Å²) >= 11 is 0. The molecule has 0 aliphatic rings. The number of hydrogen-bond acceptors (Lipinski definition) is 4. The Bertz CT molecular complexity index is 406. The molecule has 1 aromatic carbocycles. The lowest BCUT2D eigenvalue weighted by atomic mass is 10.1. The van der Waals surface area contributed by atoms with Crippen LogP contribution in [0.5, 0.6) is 11.5 Å². The standard InChI is InChI=1S/C13H19NO4/c1-4-10(8-17-2)14-13(16)9-5-6-12(18-3)11(15)7-9/h5-7,10,15H,4,8H2,1-3H3,(H,14,16). The third-order valence-corrected chi connectivity index (χ3v) is 2.64. The van der Waals surface area contributed by atoms with Gasteiger partial charge in [0.05, 0.1) is 19.8 Å². The summed E-state index contributed by atoms with van der Waals surface area (Å²) in [6, 6.07) is 4.51. The molecule has 1 rings (SSSR count). The first-order valence-electron chi connectivity index (χ1n) is 5.79. The van der Waals surface area contributed by atoms with Gasteiger partial charge < -0.3 is 19.9 Å². The summed E-state index contributed by atoms with van der Waals surface area (Å²) in [5.74, 6) is 0.0530. The number of carbonyl (C=O) groups is 1. The largest absolute Gasteiger partial charge is 0.504 e. The van der Waals surface area contributed by atoms with Crippen molar-refractivity contribution in [2.45, 2.75) is 19.4 Å². The van der Waals surface area contributed by atoms with E-state index in [4.69, 9.17) is 9.47 Å². The average Bonchev–Trinajstić information content (AvgIpc) is 2.37. The SMILES string of the molecule is CCC(COC)NC(=O)c1ccc(OC)c(O)c1. The van der Waals surface area contributed by atoms with Crippen LogP contribution < -0.4 is 10.1 Å². The van der Waals surface area contributed by atoms with Crippen molar-refractivity contribution in [3.05, 3.63) is 23.8 Å². The van der Waals surface area contributed by atoms with E-state index < -0.39 is 0 Å². The minimum atomic E-state index is -0.239. The van der Waals surface area contributed by atoms with Gasteiger partial charge >= 0.3 is 0 Å². The maximum Gasteiger partial charge on any atom is 0.251 e. The lowest BCUT2D eigenvalue weighted by molar-refractivity contribution is 0.0894. The minimum absolute atomic E-state index is 0.0354. The molecule has 0 radical (unpaired) electrons. The van der Waals surface area contributed by atoms with Crippen LogP contribution in [0.4, 0.5) is 0 Å². The molecule has 0 aromatic heterocycles. The van der Waals surface area contributed by atoms with Gasteiger partial charge in [0.2, 0.25) is 0 Å². The average molecular weight is 253 g/mol.